The Bertz CT molecular complexity index is 760. The molecular weight excluding hydrogens is 335 g/mol. The summed E-state index contributed by atoms with van der Waals surface area (Å²) in [5, 5.41) is 9.87. The van der Waals surface area contributed by atoms with E-state index in [2.05, 4.69) is 0 Å². The van der Waals surface area contributed by atoms with Crippen LogP contribution in [0.25, 0.3) is 0 Å². The average Bonchev–Trinajstić information content (AvgIpc) is 3.16. The topological polar surface area (TPSA) is 67.5 Å². The Labute approximate surface area is 152 Å². The summed E-state index contributed by atoms with van der Waals surface area (Å²) < 4.78 is 18.4. The third kappa shape index (κ3) is 4.40. The van der Waals surface area contributed by atoms with Crippen molar-refractivity contribution in [3.05, 3.63) is 53.7 Å². The van der Waals surface area contributed by atoms with Crippen LogP contribution >= 0.6 is 0 Å². The van der Waals surface area contributed by atoms with E-state index in [1.165, 1.54) is 18.8 Å². The Balaban J connectivity index is 1.76. The zero-order valence-corrected chi connectivity index (χ0v) is 14.6. The molecule has 1 N–H and O–H groups in total. The number of ketones is 2. The molecule has 4 nitrogen and oxygen atoms in total. The van der Waals surface area contributed by atoms with Crippen molar-refractivity contribution in [1.82, 2.24) is 0 Å². The van der Waals surface area contributed by atoms with Crippen molar-refractivity contribution in [3.63, 3.8) is 0 Å². The maximum atomic E-state index is 13.2. The fourth-order valence-corrected chi connectivity index (χ4v) is 3.88. The van der Waals surface area contributed by atoms with Gasteiger partial charge in [0, 0.05) is 18.9 Å². The molecule has 0 bridgehead atoms. The highest BCUT2D eigenvalue weighted by Gasteiger charge is 2.29. The molecule has 1 heterocycles. The van der Waals surface area contributed by atoms with Crippen LogP contribution in [-0.2, 0) is 0 Å². The van der Waals surface area contributed by atoms with E-state index in [1.54, 1.807) is 12.1 Å². The van der Waals surface area contributed by atoms with Crippen LogP contribution in [0.1, 0.15) is 65.9 Å². The lowest BCUT2D eigenvalue weighted by atomic mass is 9.75. The zero-order valence-electron chi connectivity index (χ0n) is 14.6. The number of phenolic OH excluding ortho intramolecular Hbond substituents is 1. The predicted octanol–water partition coefficient (Wildman–Crippen LogP) is 5.17. The highest BCUT2D eigenvalue weighted by atomic mass is 19.1. The van der Waals surface area contributed by atoms with Gasteiger partial charge in [-0.3, -0.25) is 9.59 Å². The molecule has 0 amide bonds. The fourth-order valence-electron chi connectivity index (χ4n) is 3.88. The van der Waals surface area contributed by atoms with E-state index < -0.39 is 5.82 Å². The van der Waals surface area contributed by atoms with E-state index in [-0.39, 0.29) is 41.6 Å². The summed E-state index contributed by atoms with van der Waals surface area (Å²) in [4.78, 5) is 25.2. The molecule has 1 atom stereocenters. The van der Waals surface area contributed by atoms with Gasteiger partial charge in [-0.15, -0.1) is 0 Å². The number of benzene rings is 1. The van der Waals surface area contributed by atoms with Gasteiger partial charge in [0.2, 0.25) is 0 Å². The minimum Gasteiger partial charge on any atom is -0.507 e. The first-order chi connectivity index (χ1) is 12.5. The number of halogens is 1. The van der Waals surface area contributed by atoms with Gasteiger partial charge in [-0.1, -0.05) is 32.1 Å². The Morgan fingerprint density at radius 3 is 2.50 bits per heavy atom. The summed E-state index contributed by atoms with van der Waals surface area (Å²) in [6.45, 7) is 0. The van der Waals surface area contributed by atoms with Gasteiger partial charge >= 0.3 is 0 Å². The van der Waals surface area contributed by atoms with Crippen molar-refractivity contribution in [1.29, 1.82) is 0 Å². The summed E-state index contributed by atoms with van der Waals surface area (Å²) in [7, 11) is 0. The molecule has 0 saturated heterocycles. The van der Waals surface area contributed by atoms with Crippen molar-refractivity contribution in [3.8, 4) is 5.75 Å². The van der Waals surface area contributed by atoms with Crippen molar-refractivity contribution < 1.29 is 23.5 Å². The number of rotatable bonds is 7. The van der Waals surface area contributed by atoms with E-state index in [9.17, 15) is 19.1 Å². The van der Waals surface area contributed by atoms with Crippen LogP contribution < -0.4 is 0 Å². The van der Waals surface area contributed by atoms with Crippen LogP contribution in [0, 0.1) is 17.7 Å². The van der Waals surface area contributed by atoms with Gasteiger partial charge in [-0.25, -0.2) is 4.39 Å². The van der Waals surface area contributed by atoms with Gasteiger partial charge in [-0.05, 0) is 36.1 Å². The summed E-state index contributed by atoms with van der Waals surface area (Å²) in [5.41, 5.74) is 0.109. The molecule has 1 aliphatic rings. The lowest BCUT2D eigenvalue weighted by molar-refractivity contribution is 0.0853. The average molecular weight is 358 g/mol. The molecule has 0 spiro atoms. The number of hydrogen-bond acceptors (Lipinski definition) is 4. The Kier molecular flexibility index (Phi) is 5.86. The van der Waals surface area contributed by atoms with E-state index in [0.29, 0.717) is 11.7 Å². The number of hydrogen-bond donors (Lipinski definition) is 1. The molecule has 0 aliphatic heterocycles. The van der Waals surface area contributed by atoms with Crippen LogP contribution in [-0.4, -0.2) is 16.7 Å². The van der Waals surface area contributed by atoms with Gasteiger partial charge in [0.05, 0.1) is 11.8 Å². The first-order valence-electron chi connectivity index (χ1n) is 9.13. The quantitative estimate of drug-likeness (QED) is 0.694. The number of carbonyl (C=O) groups is 2. The maximum absolute atomic E-state index is 13.2. The fraction of sp³-hybridized carbons (Fsp3) is 0.429. The van der Waals surface area contributed by atoms with Crippen LogP contribution in [0.2, 0.25) is 0 Å². The number of phenols is 1. The highest BCUT2D eigenvalue weighted by Crippen LogP contribution is 2.36. The van der Waals surface area contributed by atoms with Gasteiger partial charge < -0.3 is 9.52 Å². The Morgan fingerprint density at radius 2 is 1.85 bits per heavy atom. The molecule has 5 heteroatoms. The molecular formula is C21H23FO4. The van der Waals surface area contributed by atoms with Crippen molar-refractivity contribution in [2.24, 2.45) is 11.8 Å². The van der Waals surface area contributed by atoms with Crippen LogP contribution in [0.3, 0.4) is 0 Å². The van der Waals surface area contributed by atoms with Crippen LogP contribution in [0.5, 0.6) is 5.75 Å². The van der Waals surface area contributed by atoms with Crippen LogP contribution in [0.15, 0.2) is 41.0 Å². The predicted molar refractivity (Wildman–Crippen MR) is 94.7 cm³/mol. The molecule has 2 aromatic rings. The SMILES string of the molecule is O=C(CC(CC(=O)c1ccc(F)cc1O)C1CCCCC1)c1ccco1. The highest BCUT2D eigenvalue weighted by molar-refractivity contribution is 5.99. The molecule has 3 rings (SSSR count). The molecule has 1 aromatic heterocycles. The molecule has 1 fully saturated rings. The summed E-state index contributed by atoms with van der Waals surface area (Å²) in [6, 6.07) is 6.71. The first kappa shape index (κ1) is 18.4. The van der Waals surface area contributed by atoms with Gasteiger partial charge in [0.25, 0.3) is 0 Å². The summed E-state index contributed by atoms with van der Waals surface area (Å²) in [5.74, 6) is -0.806. The van der Waals surface area contributed by atoms with Crippen molar-refractivity contribution in [2.45, 2.75) is 44.9 Å². The normalized spacial score (nSPS) is 16.3. The van der Waals surface area contributed by atoms with E-state index in [1.807, 2.05) is 0 Å². The second-order valence-electron chi connectivity index (χ2n) is 7.05. The number of Topliss-reactive ketones (excluding diaryl/α,β-unsaturated/α-hetero) is 2. The lowest BCUT2D eigenvalue weighted by Crippen LogP contribution is -2.24. The lowest BCUT2D eigenvalue weighted by Gasteiger charge is -2.29. The monoisotopic (exact) mass is 358 g/mol. The van der Waals surface area contributed by atoms with Crippen LogP contribution in [0.4, 0.5) is 4.39 Å². The second-order valence-corrected chi connectivity index (χ2v) is 7.05. The minimum atomic E-state index is -0.587. The number of aromatic hydroxyl groups is 1. The van der Waals surface area contributed by atoms with Gasteiger partial charge in [0.1, 0.15) is 11.6 Å². The Hall–Kier alpha value is -2.43. The Morgan fingerprint density at radius 1 is 1.12 bits per heavy atom. The van der Waals surface area contributed by atoms with Gasteiger partial charge in [-0.2, -0.15) is 0 Å². The number of furan rings is 1. The largest absolute Gasteiger partial charge is 0.507 e. The standard InChI is InChI=1S/C21H23FO4/c22-16-8-9-17(19(24)13-16)18(23)11-15(14-5-2-1-3-6-14)12-20(25)21-7-4-10-26-21/h4,7-10,13-15,24H,1-3,5-6,11-12H2. The summed E-state index contributed by atoms with van der Waals surface area (Å²) >= 11 is 0. The van der Waals surface area contributed by atoms with E-state index in [0.717, 1.165) is 37.8 Å². The van der Waals surface area contributed by atoms with Crippen molar-refractivity contribution >= 4 is 11.6 Å². The zero-order chi connectivity index (χ0) is 18.5. The van der Waals surface area contributed by atoms with E-state index >= 15 is 0 Å². The number of carbonyl (C=O) groups excluding carboxylic acids is 2. The van der Waals surface area contributed by atoms with E-state index in [4.69, 9.17) is 4.42 Å². The maximum Gasteiger partial charge on any atom is 0.198 e. The molecule has 138 valence electrons. The first-order valence-corrected chi connectivity index (χ1v) is 9.13. The van der Waals surface area contributed by atoms with Crippen molar-refractivity contribution in [2.75, 3.05) is 0 Å². The molecule has 0 radical (unpaired) electrons. The smallest absolute Gasteiger partial charge is 0.198 e. The third-order valence-electron chi connectivity index (χ3n) is 5.27. The molecule has 26 heavy (non-hydrogen) atoms. The molecule has 1 unspecified atom stereocenters. The third-order valence-corrected chi connectivity index (χ3v) is 5.27. The minimum absolute atomic E-state index is 0.107. The second kappa shape index (κ2) is 8.30. The summed E-state index contributed by atoms with van der Waals surface area (Å²) in [6.07, 6.45) is 7.25. The molecule has 1 aliphatic carbocycles. The molecule has 1 saturated carbocycles. The van der Waals surface area contributed by atoms with Gasteiger partial charge in [0.15, 0.2) is 17.3 Å². The molecule has 1 aromatic carbocycles.